The van der Waals surface area contributed by atoms with E-state index in [0.717, 1.165) is 19.6 Å². The maximum absolute atomic E-state index is 12.2. The average molecular weight is 251 g/mol. The predicted molar refractivity (Wildman–Crippen MR) is 71.8 cm³/mol. The Balaban J connectivity index is 2.51. The number of nitriles is 1. The van der Waals surface area contributed by atoms with E-state index in [4.69, 9.17) is 5.26 Å². The lowest BCUT2D eigenvalue weighted by molar-refractivity contribution is -0.134. The summed E-state index contributed by atoms with van der Waals surface area (Å²) >= 11 is 0. The Morgan fingerprint density at radius 2 is 2.22 bits per heavy atom. The van der Waals surface area contributed by atoms with Gasteiger partial charge in [0, 0.05) is 20.1 Å². The van der Waals surface area contributed by atoms with Gasteiger partial charge in [-0.1, -0.05) is 13.8 Å². The molecule has 1 saturated heterocycles. The number of nitrogens with zero attached hydrogens (tertiary/aromatic N) is 3. The van der Waals surface area contributed by atoms with Gasteiger partial charge < -0.3 is 9.80 Å². The minimum atomic E-state index is -0.503. The lowest BCUT2D eigenvalue weighted by Gasteiger charge is -2.33. The number of likely N-dealkylation sites (tertiary alicyclic amines) is 1. The van der Waals surface area contributed by atoms with E-state index in [9.17, 15) is 4.79 Å². The molecule has 2 unspecified atom stereocenters. The van der Waals surface area contributed by atoms with Crippen LogP contribution in [0, 0.1) is 29.1 Å². The molecular weight excluding hydrogens is 226 g/mol. The van der Waals surface area contributed by atoms with Gasteiger partial charge in [-0.25, -0.2) is 0 Å². The SMILES string of the molecule is CC(C)C(C#N)C(=O)N(C)CC1CCCN(C)C1. The van der Waals surface area contributed by atoms with Crippen molar-refractivity contribution in [2.45, 2.75) is 26.7 Å². The van der Waals surface area contributed by atoms with Crippen LogP contribution in [0.3, 0.4) is 0 Å². The number of piperidine rings is 1. The third kappa shape index (κ3) is 3.99. The molecule has 0 radical (unpaired) electrons. The Labute approximate surface area is 111 Å². The van der Waals surface area contributed by atoms with E-state index in [1.165, 1.54) is 12.8 Å². The molecule has 1 aliphatic heterocycles. The number of carbonyl (C=O) groups excluding carboxylic acids is 1. The van der Waals surface area contributed by atoms with E-state index in [2.05, 4.69) is 18.0 Å². The standard InChI is InChI=1S/C14H25N3O/c1-11(2)13(8-15)14(18)17(4)10-12-6-5-7-16(3)9-12/h11-13H,5-7,9-10H2,1-4H3. The molecule has 18 heavy (non-hydrogen) atoms. The van der Waals surface area contributed by atoms with Gasteiger partial charge in [0.25, 0.3) is 0 Å². The lowest BCUT2D eigenvalue weighted by Crippen LogP contribution is -2.42. The molecular formula is C14H25N3O. The molecule has 1 rings (SSSR count). The van der Waals surface area contributed by atoms with Crippen molar-refractivity contribution in [2.75, 3.05) is 33.7 Å². The molecule has 0 aromatic carbocycles. The van der Waals surface area contributed by atoms with Crippen LogP contribution >= 0.6 is 0 Å². The third-order valence-electron chi connectivity index (χ3n) is 3.70. The number of hydrogen-bond donors (Lipinski definition) is 0. The first kappa shape index (κ1) is 15.0. The molecule has 4 heteroatoms. The smallest absolute Gasteiger partial charge is 0.239 e. The second kappa shape index (κ2) is 6.75. The van der Waals surface area contributed by atoms with E-state index in [1.54, 1.807) is 4.90 Å². The highest BCUT2D eigenvalue weighted by molar-refractivity contribution is 5.81. The molecule has 0 bridgehead atoms. The zero-order valence-corrected chi connectivity index (χ0v) is 12.0. The summed E-state index contributed by atoms with van der Waals surface area (Å²) in [6.07, 6.45) is 2.38. The van der Waals surface area contributed by atoms with Gasteiger partial charge in [-0.05, 0) is 38.3 Å². The average Bonchev–Trinajstić information content (AvgIpc) is 2.29. The van der Waals surface area contributed by atoms with Crippen LogP contribution in [0.1, 0.15) is 26.7 Å². The Bertz CT molecular complexity index is 321. The zero-order chi connectivity index (χ0) is 13.7. The van der Waals surface area contributed by atoms with Crippen LogP contribution < -0.4 is 0 Å². The van der Waals surface area contributed by atoms with Crippen LogP contribution in [0.5, 0.6) is 0 Å². The van der Waals surface area contributed by atoms with Crippen LogP contribution in [0.2, 0.25) is 0 Å². The normalized spacial score (nSPS) is 22.6. The fraction of sp³-hybridized carbons (Fsp3) is 0.857. The summed E-state index contributed by atoms with van der Waals surface area (Å²) in [6.45, 7) is 6.83. The van der Waals surface area contributed by atoms with Crippen molar-refractivity contribution in [3.8, 4) is 6.07 Å². The fourth-order valence-electron chi connectivity index (χ4n) is 2.63. The van der Waals surface area contributed by atoms with Crippen molar-refractivity contribution in [2.24, 2.45) is 17.8 Å². The summed E-state index contributed by atoms with van der Waals surface area (Å²) in [4.78, 5) is 16.2. The molecule has 2 atom stereocenters. The zero-order valence-electron chi connectivity index (χ0n) is 12.0. The van der Waals surface area contributed by atoms with Crippen molar-refractivity contribution < 1.29 is 4.79 Å². The molecule has 0 spiro atoms. The third-order valence-corrected chi connectivity index (χ3v) is 3.70. The summed E-state index contributed by atoms with van der Waals surface area (Å²) in [6, 6.07) is 2.13. The summed E-state index contributed by atoms with van der Waals surface area (Å²) in [5, 5.41) is 9.06. The van der Waals surface area contributed by atoms with Crippen molar-refractivity contribution >= 4 is 5.91 Å². The minimum absolute atomic E-state index is 0.0271. The molecule has 1 fully saturated rings. The first-order valence-electron chi connectivity index (χ1n) is 6.78. The summed E-state index contributed by atoms with van der Waals surface area (Å²) in [7, 11) is 3.95. The molecule has 1 heterocycles. The minimum Gasteiger partial charge on any atom is -0.344 e. The van der Waals surface area contributed by atoms with Gasteiger partial charge >= 0.3 is 0 Å². The number of hydrogen-bond acceptors (Lipinski definition) is 3. The Kier molecular flexibility index (Phi) is 5.61. The van der Waals surface area contributed by atoms with E-state index >= 15 is 0 Å². The Hall–Kier alpha value is -1.08. The van der Waals surface area contributed by atoms with Crippen molar-refractivity contribution in [1.29, 1.82) is 5.26 Å². The van der Waals surface area contributed by atoms with Crippen LogP contribution in [-0.4, -0.2) is 49.4 Å². The summed E-state index contributed by atoms with van der Waals surface area (Å²) in [5.74, 6) is 0.0974. The summed E-state index contributed by atoms with van der Waals surface area (Å²) < 4.78 is 0. The lowest BCUT2D eigenvalue weighted by atomic mass is 9.94. The van der Waals surface area contributed by atoms with E-state index < -0.39 is 5.92 Å². The topological polar surface area (TPSA) is 47.3 Å². The molecule has 102 valence electrons. The molecule has 1 aliphatic rings. The van der Waals surface area contributed by atoms with Gasteiger partial charge in [-0.3, -0.25) is 4.79 Å². The van der Waals surface area contributed by atoms with E-state index in [1.807, 2.05) is 20.9 Å². The van der Waals surface area contributed by atoms with Crippen LogP contribution in [0.25, 0.3) is 0 Å². The van der Waals surface area contributed by atoms with Gasteiger partial charge in [-0.15, -0.1) is 0 Å². The Morgan fingerprint density at radius 1 is 1.56 bits per heavy atom. The van der Waals surface area contributed by atoms with Crippen LogP contribution in [0.15, 0.2) is 0 Å². The van der Waals surface area contributed by atoms with Gasteiger partial charge in [0.1, 0.15) is 5.92 Å². The molecule has 0 aromatic rings. The molecule has 4 nitrogen and oxygen atoms in total. The van der Waals surface area contributed by atoms with E-state index in [0.29, 0.717) is 5.92 Å². The molecule has 1 amide bonds. The highest BCUT2D eigenvalue weighted by Gasteiger charge is 2.27. The van der Waals surface area contributed by atoms with Gasteiger partial charge in [0.05, 0.1) is 6.07 Å². The van der Waals surface area contributed by atoms with Gasteiger partial charge in [0.15, 0.2) is 0 Å². The van der Waals surface area contributed by atoms with Crippen LogP contribution in [-0.2, 0) is 4.79 Å². The number of carbonyl (C=O) groups is 1. The molecule has 0 saturated carbocycles. The highest BCUT2D eigenvalue weighted by Crippen LogP contribution is 2.18. The van der Waals surface area contributed by atoms with E-state index in [-0.39, 0.29) is 11.8 Å². The second-order valence-electron chi connectivity index (χ2n) is 5.84. The van der Waals surface area contributed by atoms with Gasteiger partial charge in [-0.2, -0.15) is 5.26 Å². The van der Waals surface area contributed by atoms with Crippen LogP contribution in [0.4, 0.5) is 0 Å². The molecule has 0 N–H and O–H groups in total. The van der Waals surface area contributed by atoms with Crippen molar-refractivity contribution in [3.05, 3.63) is 0 Å². The molecule has 0 aromatic heterocycles. The van der Waals surface area contributed by atoms with Crippen molar-refractivity contribution in [3.63, 3.8) is 0 Å². The summed E-state index contributed by atoms with van der Waals surface area (Å²) in [5.41, 5.74) is 0. The first-order chi connectivity index (χ1) is 8.45. The monoisotopic (exact) mass is 251 g/mol. The quantitative estimate of drug-likeness (QED) is 0.762. The molecule has 0 aliphatic carbocycles. The second-order valence-corrected chi connectivity index (χ2v) is 5.84. The van der Waals surface area contributed by atoms with Gasteiger partial charge in [0.2, 0.25) is 5.91 Å². The Morgan fingerprint density at radius 3 is 2.72 bits per heavy atom. The first-order valence-corrected chi connectivity index (χ1v) is 6.78. The van der Waals surface area contributed by atoms with Crippen molar-refractivity contribution in [1.82, 2.24) is 9.80 Å². The fourth-order valence-corrected chi connectivity index (χ4v) is 2.63. The number of rotatable bonds is 4. The maximum atomic E-state index is 12.2. The largest absolute Gasteiger partial charge is 0.344 e. The number of amides is 1. The predicted octanol–water partition coefficient (Wildman–Crippen LogP) is 1.58. The maximum Gasteiger partial charge on any atom is 0.239 e. The highest BCUT2D eigenvalue weighted by atomic mass is 16.2.